The van der Waals surface area contributed by atoms with Gasteiger partial charge in [0, 0.05) is 11.8 Å². The topological polar surface area (TPSA) is 103 Å². The van der Waals surface area contributed by atoms with Gasteiger partial charge in [0.15, 0.2) is 0 Å². The van der Waals surface area contributed by atoms with Crippen molar-refractivity contribution in [2.45, 2.75) is 0 Å². The van der Waals surface area contributed by atoms with Gasteiger partial charge in [0.2, 0.25) is 0 Å². The lowest BCUT2D eigenvalue weighted by atomic mass is 10.2. The summed E-state index contributed by atoms with van der Waals surface area (Å²) in [4.78, 5) is 15.4. The van der Waals surface area contributed by atoms with Gasteiger partial charge in [0.05, 0.1) is 24.6 Å². The van der Waals surface area contributed by atoms with Crippen LogP contribution in [0.2, 0.25) is 0 Å². The van der Waals surface area contributed by atoms with Gasteiger partial charge in [-0.1, -0.05) is 6.07 Å². The summed E-state index contributed by atoms with van der Waals surface area (Å²) in [7, 11) is 1.58. The number of methoxy groups -OCH3 is 1. The molecule has 0 unspecified atom stereocenters. The van der Waals surface area contributed by atoms with Crippen LogP contribution in [0.5, 0.6) is 5.75 Å². The van der Waals surface area contributed by atoms with E-state index in [1.807, 2.05) is 18.2 Å². The molecule has 6 heteroatoms. The maximum atomic E-state index is 11.3. The number of rotatable bonds is 4. The molecule has 0 atom stereocenters. The molecule has 2 aromatic rings. The molecule has 0 spiro atoms. The average Bonchev–Trinajstić information content (AvgIpc) is 2.41. The molecule has 2 rings (SSSR count). The molecule has 0 saturated carbocycles. The lowest BCUT2D eigenvalue weighted by Crippen LogP contribution is -2.14. The number of pyridine rings is 1. The van der Waals surface area contributed by atoms with Crippen molar-refractivity contribution in [3.8, 4) is 5.75 Å². The van der Waals surface area contributed by atoms with Crippen molar-refractivity contribution in [2.75, 3.05) is 18.2 Å². The molecule has 0 radical (unpaired) electrons. The smallest absolute Gasteiger partial charge is 0.252 e. The number of primary amides is 1. The minimum atomic E-state index is -0.592. The van der Waals surface area contributed by atoms with E-state index >= 15 is 0 Å². The van der Waals surface area contributed by atoms with Gasteiger partial charge in [-0.05, 0) is 18.2 Å². The second-order valence-electron chi connectivity index (χ2n) is 3.89. The number of ether oxygens (including phenoxy) is 1. The Balaban J connectivity index is 2.34. The molecule has 98 valence electrons. The lowest BCUT2D eigenvalue weighted by molar-refractivity contribution is 0.100. The highest BCUT2D eigenvalue weighted by atomic mass is 16.5. The summed E-state index contributed by atoms with van der Waals surface area (Å²) >= 11 is 0. The summed E-state index contributed by atoms with van der Waals surface area (Å²) < 4.78 is 5.12. The predicted molar refractivity (Wildman–Crippen MR) is 73.4 cm³/mol. The number of anilines is 3. The first-order chi connectivity index (χ1) is 9.10. The first-order valence-electron chi connectivity index (χ1n) is 5.56. The first-order valence-corrected chi connectivity index (χ1v) is 5.56. The zero-order valence-electron chi connectivity index (χ0n) is 10.4. The van der Waals surface area contributed by atoms with Gasteiger partial charge in [-0.15, -0.1) is 0 Å². The van der Waals surface area contributed by atoms with Crippen LogP contribution in [0.4, 0.5) is 17.2 Å². The highest BCUT2D eigenvalue weighted by Crippen LogP contribution is 2.23. The molecular weight excluding hydrogens is 244 g/mol. The Bertz CT molecular complexity index is 613. The van der Waals surface area contributed by atoms with Crippen molar-refractivity contribution in [2.24, 2.45) is 5.73 Å². The third-order valence-corrected chi connectivity index (χ3v) is 2.51. The number of hydrogen-bond acceptors (Lipinski definition) is 5. The second-order valence-corrected chi connectivity index (χ2v) is 3.89. The molecule has 6 nitrogen and oxygen atoms in total. The number of benzene rings is 1. The van der Waals surface area contributed by atoms with Crippen molar-refractivity contribution >= 4 is 23.1 Å². The van der Waals surface area contributed by atoms with Crippen LogP contribution in [-0.4, -0.2) is 18.0 Å². The monoisotopic (exact) mass is 258 g/mol. The van der Waals surface area contributed by atoms with E-state index in [1.54, 1.807) is 13.2 Å². The van der Waals surface area contributed by atoms with E-state index in [1.165, 1.54) is 12.3 Å². The molecule has 1 heterocycles. The van der Waals surface area contributed by atoms with Gasteiger partial charge in [-0.3, -0.25) is 4.79 Å². The molecule has 0 fully saturated rings. The van der Waals surface area contributed by atoms with E-state index in [0.717, 1.165) is 5.69 Å². The van der Waals surface area contributed by atoms with Crippen LogP contribution in [0.3, 0.4) is 0 Å². The average molecular weight is 258 g/mol. The Morgan fingerprint density at radius 2 is 2.16 bits per heavy atom. The van der Waals surface area contributed by atoms with E-state index in [2.05, 4.69) is 10.3 Å². The van der Waals surface area contributed by atoms with E-state index in [0.29, 0.717) is 17.3 Å². The van der Waals surface area contributed by atoms with Gasteiger partial charge < -0.3 is 21.5 Å². The van der Waals surface area contributed by atoms with Crippen LogP contribution in [0.1, 0.15) is 10.4 Å². The molecular formula is C13H14N4O2. The first kappa shape index (κ1) is 12.7. The largest absolute Gasteiger partial charge is 0.497 e. The quantitative estimate of drug-likeness (QED) is 0.771. The number of carbonyl (C=O) groups is 1. The second kappa shape index (κ2) is 5.26. The Hall–Kier alpha value is -2.76. The number of nitrogens with two attached hydrogens (primary N) is 2. The highest BCUT2D eigenvalue weighted by Gasteiger charge is 2.10. The third kappa shape index (κ3) is 2.92. The van der Waals surface area contributed by atoms with Crippen LogP contribution in [0, 0.1) is 0 Å². The Morgan fingerprint density at radius 3 is 2.84 bits per heavy atom. The normalized spacial score (nSPS) is 9.95. The molecule has 0 aliphatic rings. The van der Waals surface area contributed by atoms with E-state index in [-0.39, 0.29) is 5.56 Å². The molecule has 0 bridgehead atoms. The zero-order valence-corrected chi connectivity index (χ0v) is 10.4. The minimum Gasteiger partial charge on any atom is -0.497 e. The molecule has 5 N–H and O–H groups in total. The molecule has 0 aliphatic carbocycles. The molecule has 1 aromatic carbocycles. The lowest BCUT2D eigenvalue weighted by Gasteiger charge is -2.10. The summed E-state index contributed by atoms with van der Waals surface area (Å²) in [6.07, 6.45) is 1.45. The van der Waals surface area contributed by atoms with E-state index < -0.39 is 5.91 Å². The third-order valence-electron chi connectivity index (χ3n) is 2.51. The maximum absolute atomic E-state index is 11.3. The number of aromatic nitrogens is 1. The molecule has 0 saturated heterocycles. The standard InChI is InChI=1S/C13H14N4O2/c1-19-10-4-2-3-9(6-10)17-13-11(12(15)18)5-8(14)7-16-13/h2-7H,14H2,1H3,(H2,15,18)(H,16,17). The van der Waals surface area contributed by atoms with E-state index in [9.17, 15) is 4.79 Å². The molecule has 1 amide bonds. The van der Waals surface area contributed by atoms with Gasteiger partial charge in [0.1, 0.15) is 11.6 Å². The van der Waals surface area contributed by atoms with Crippen molar-refractivity contribution in [1.82, 2.24) is 4.98 Å². The van der Waals surface area contributed by atoms with Gasteiger partial charge in [-0.2, -0.15) is 0 Å². The number of nitrogens with zero attached hydrogens (tertiary/aromatic N) is 1. The number of carbonyl (C=O) groups excluding carboxylic acids is 1. The van der Waals surface area contributed by atoms with Crippen LogP contribution in [0.25, 0.3) is 0 Å². The number of amides is 1. The summed E-state index contributed by atoms with van der Waals surface area (Å²) in [5, 5.41) is 3.01. The summed E-state index contributed by atoms with van der Waals surface area (Å²) in [6.45, 7) is 0. The van der Waals surface area contributed by atoms with Crippen molar-refractivity contribution < 1.29 is 9.53 Å². The van der Waals surface area contributed by atoms with Crippen molar-refractivity contribution in [1.29, 1.82) is 0 Å². The summed E-state index contributed by atoms with van der Waals surface area (Å²) in [6, 6.07) is 8.73. The molecule has 1 aromatic heterocycles. The summed E-state index contributed by atoms with van der Waals surface area (Å²) in [5.41, 5.74) is 12.2. The minimum absolute atomic E-state index is 0.239. The number of hydrogen-bond donors (Lipinski definition) is 3. The van der Waals surface area contributed by atoms with Gasteiger partial charge >= 0.3 is 0 Å². The molecule has 19 heavy (non-hydrogen) atoms. The van der Waals surface area contributed by atoms with E-state index in [4.69, 9.17) is 16.2 Å². The van der Waals surface area contributed by atoms with Crippen molar-refractivity contribution in [3.05, 3.63) is 42.1 Å². The number of nitrogens with one attached hydrogen (secondary N) is 1. The van der Waals surface area contributed by atoms with Crippen molar-refractivity contribution in [3.63, 3.8) is 0 Å². The summed E-state index contributed by atoms with van der Waals surface area (Å²) in [5.74, 6) is 0.459. The SMILES string of the molecule is COc1cccc(Nc2ncc(N)cc2C(N)=O)c1. The Labute approximate surface area is 110 Å². The highest BCUT2D eigenvalue weighted by molar-refractivity contribution is 5.99. The van der Waals surface area contributed by atoms with Gasteiger partial charge in [-0.25, -0.2) is 4.98 Å². The van der Waals surface area contributed by atoms with Gasteiger partial charge in [0.25, 0.3) is 5.91 Å². The Morgan fingerprint density at radius 1 is 1.37 bits per heavy atom. The van der Waals surface area contributed by atoms with Crippen LogP contribution < -0.4 is 21.5 Å². The zero-order chi connectivity index (χ0) is 13.8. The molecule has 0 aliphatic heterocycles. The number of nitrogen functional groups attached to an aromatic ring is 1. The fourth-order valence-corrected chi connectivity index (χ4v) is 1.61. The fourth-order valence-electron chi connectivity index (χ4n) is 1.61. The Kier molecular flexibility index (Phi) is 3.51. The van der Waals surface area contributed by atoms with Crippen LogP contribution >= 0.6 is 0 Å². The maximum Gasteiger partial charge on any atom is 0.252 e. The predicted octanol–water partition coefficient (Wildman–Crippen LogP) is 1.51. The fraction of sp³-hybridized carbons (Fsp3) is 0.0769. The van der Waals surface area contributed by atoms with Crippen LogP contribution in [-0.2, 0) is 0 Å². The van der Waals surface area contributed by atoms with Crippen LogP contribution in [0.15, 0.2) is 36.5 Å².